The van der Waals surface area contributed by atoms with Crippen LogP contribution in [0.3, 0.4) is 0 Å². The van der Waals surface area contributed by atoms with E-state index in [-0.39, 0.29) is 6.10 Å². The number of unbranched alkanes of at least 4 members (excludes halogenated alkanes) is 1. The molecule has 78 valence electrons. The van der Waals surface area contributed by atoms with E-state index in [1.54, 1.807) is 0 Å². The van der Waals surface area contributed by atoms with Crippen LogP contribution in [0.4, 0.5) is 0 Å². The summed E-state index contributed by atoms with van der Waals surface area (Å²) in [5.74, 6) is 0. The Morgan fingerprint density at radius 3 is 2.50 bits per heavy atom. The minimum Gasteiger partial charge on any atom is -0.393 e. The van der Waals surface area contributed by atoms with Crippen LogP contribution in [0.2, 0.25) is 0 Å². The lowest BCUT2D eigenvalue weighted by Crippen LogP contribution is -2.44. The lowest BCUT2D eigenvalue weighted by Gasteiger charge is -2.37. The summed E-state index contributed by atoms with van der Waals surface area (Å²) in [6.45, 7) is 1.05. The molecule has 2 unspecified atom stereocenters. The minimum absolute atomic E-state index is 0.0697. The van der Waals surface area contributed by atoms with Crippen molar-refractivity contribution in [3.05, 3.63) is 0 Å². The van der Waals surface area contributed by atoms with Crippen molar-refractivity contribution in [3.63, 3.8) is 0 Å². The fourth-order valence-electron chi connectivity index (χ4n) is 2.95. The minimum atomic E-state index is -0.0697. The third kappa shape index (κ3) is 1.92. The summed E-state index contributed by atoms with van der Waals surface area (Å²) in [5.41, 5.74) is 0. The molecule has 0 radical (unpaired) electrons. The average Bonchev–Trinajstić information content (AvgIpc) is 2.42. The summed E-state index contributed by atoms with van der Waals surface area (Å²) in [4.78, 5) is 2.52. The van der Waals surface area contributed by atoms with Gasteiger partial charge in [-0.2, -0.15) is 5.26 Å². The number of rotatable bonds is 3. The summed E-state index contributed by atoms with van der Waals surface area (Å²) in [6, 6.07) is 3.39. The highest BCUT2D eigenvalue weighted by Gasteiger charge is 2.39. The second kappa shape index (κ2) is 4.29. The van der Waals surface area contributed by atoms with Crippen LogP contribution >= 0.6 is 0 Å². The van der Waals surface area contributed by atoms with E-state index in [1.807, 2.05) is 0 Å². The molecule has 2 atom stereocenters. The summed E-state index contributed by atoms with van der Waals surface area (Å²) < 4.78 is 0. The van der Waals surface area contributed by atoms with Crippen molar-refractivity contribution in [2.24, 2.45) is 0 Å². The van der Waals surface area contributed by atoms with Gasteiger partial charge in [0.1, 0.15) is 0 Å². The Morgan fingerprint density at radius 1 is 1.29 bits per heavy atom. The Labute approximate surface area is 85.3 Å². The molecule has 0 spiro atoms. The van der Waals surface area contributed by atoms with Gasteiger partial charge >= 0.3 is 0 Å². The smallest absolute Gasteiger partial charge is 0.0622 e. The van der Waals surface area contributed by atoms with E-state index in [0.717, 1.165) is 25.8 Å². The van der Waals surface area contributed by atoms with Crippen LogP contribution in [-0.2, 0) is 0 Å². The maximum atomic E-state index is 9.60. The van der Waals surface area contributed by atoms with Gasteiger partial charge in [-0.15, -0.1) is 0 Å². The average molecular weight is 194 g/mol. The molecular weight excluding hydrogens is 176 g/mol. The Hall–Kier alpha value is -0.590. The highest BCUT2D eigenvalue weighted by molar-refractivity contribution is 4.95. The monoisotopic (exact) mass is 194 g/mol. The molecule has 2 aliphatic rings. The van der Waals surface area contributed by atoms with Crippen LogP contribution in [0, 0.1) is 11.3 Å². The summed E-state index contributed by atoms with van der Waals surface area (Å²) in [5, 5.41) is 18.1. The molecule has 0 aliphatic carbocycles. The maximum Gasteiger partial charge on any atom is 0.0622 e. The van der Waals surface area contributed by atoms with Crippen molar-refractivity contribution in [2.45, 2.75) is 56.7 Å². The zero-order chi connectivity index (χ0) is 9.97. The van der Waals surface area contributed by atoms with E-state index in [9.17, 15) is 5.11 Å². The van der Waals surface area contributed by atoms with Gasteiger partial charge in [0.05, 0.1) is 12.2 Å². The molecule has 0 amide bonds. The molecule has 3 heteroatoms. The normalized spacial score (nSPS) is 37.0. The highest BCUT2D eigenvalue weighted by atomic mass is 16.3. The van der Waals surface area contributed by atoms with E-state index in [2.05, 4.69) is 11.0 Å². The Kier molecular flexibility index (Phi) is 3.05. The highest BCUT2D eigenvalue weighted by Crippen LogP contribution is 2.35. The standard InChI is InChI=1S/C11H18N2O/c12-5-1-2-6-13-9-3-4-10(13)8-11(14)7-9/h9-11,14H,1-4,6-8H2. The van der Waals surface area contributed by atoms with E-state index in [4.69, 9.17) is 5.26 Å². The molecule has 0 aromatic rings. The maximum absolute atomic E-state index is 9.60. The third-order valence-corrected chi connectivity index (χ3v) is 3.56. The fraction of sp³-hybridized carbons (Fsp3) is 0.909. The molecular formula is C11H18N2O. The molecule has 2 aliphatic heterocycles. The van der Waals surface area contributed by atoms with Crippen LogP contribution in [-0.4, -0.2) is 34.7 Å². The lowest BCUT2D eigenvalue weighted by atomic mass is 9.99. The predicted molar refractivity (Wildman–Crippen MR) is 53.6 cm³/mol. The number of nitrogens with zero attached hydrogens (tertiary/aromatic N) is 2. The number of aliphatic hydroxyl groups is 1. The Balaban J connectivity index is 1.85. The van der Waals surface area contributed by atoms with E-state index in [0.29, 0.717) is 18.5 Å². The molecule has 2 saturated heterocycles. The topological polar surface area (TPSA) is 47.3 Å². The van der Waals surface area contributed by atoms with E-state index >= 15 is 0 Å². The molecule has 3 nitrogen and oxygen atoms in total. The summed E-state index contributed by atoms with van der Waals surface area (Å²) in [6.07, 6.45) is 5.96. The first-order valence-electron chi connectivity index (χ1n) is 5.62. The van der Waals surface area contributed by atoms with Crippen LogP contribution < -0.4 is 0 Å². The molecule has 0 saturated carbocycles. The second-order valence-electron chi connectivity index (χ2n) is 4.51. The van der Waals surface area contributed by atoms with Crippen molar-refractivity contribution < 1.29 is 5.11 Å². The van der Waals surface area contributed by atoms with Gasteiger partial charge in [-0.3, -0.25) is 4.90 Å². The molecule has 2 fully saturated rings. The zero-order valence-electron chi connectivity index (χ0n) is 8.52. The first kappa shape index (κ1) is 9.95. The summed E-state index contributed by atoms with van der Waals surface area (Å²) in [7, 11) is 0. The number of aliphatic hydroxyl groups excluding tert-OH is 1. The quantitative estimate of drug-likeness (QED) is 0.688. The van der Waals surface area contributed by atoms with Gasteiger partial charge in [-0.1, -0.05) is 0 Å². The van der Waals surface area contributed by atoms with Crippen LogP contribution in [0.1, 0.15) is 38.5 Å². The summed E-state index contributed by atoms with van der Waals surface area (Å²) >= 11 is 0. The van der Waals surface area contributed by atoms with Crippen LogP contribution in [0.25, 0.3) is 0 Å². The van der Waals surface area contributed by atoms with E-state index in [1.165, 1.54) is 12.8 Å². The SMILES string of the molecule is N#CCCCN1C2CCC1CC(O)C2. The van der Waals surface area contributed by atoms with Crippen LogP contribution in [0.5, 0.6) is 0 Å². The Bertz CT molecular complexity index is 222. The van der Waals surface area contributed by atoms with Crippen LogP contribution in [0.15, 0.2) is 0 Å². The predicted octanol–water partition coefficient (Wildman–Crippen LogP) is 1.28. The van der Waals surface area contributed by atoms with Crippen molar-refractivity contribution >= 4 is 0 Å². The van der Waals surface area contributed by atoms with Gasteiger partial charge in [0, 0.05) is 18.5 Å². The molecule has 14 heavy (non-hydrogen) atoms. The number of nitriles is 1. The first-order valence-corrected chi connectivity index (χ1v) is 5.62. The molecule has 2 heterocycles. The van der Waals surface area contributed by atoms with Gasteiger partial charge in [-0.25, -0.2) is 0 Å². The molecule has 2 rings (SSSR count). The number of fused-ring (bicyclic) bond motifs is 2. The zero-order valence-corrected chi connectivity index (χ0v) is 8.52. The molecule has 1 N–H and O–H groups in total. The van der Waals surface area contributed by atoms with Crippen molar-refractivity contribution in [1.82, 2.24) is 4.90 Å². The Morgan fingerprint density at radius 2 is 1.93 bits per heavy atom. The second-order valence-corrected chi connectivity index (χ2v) is 4.51. The number of piperidine rings is 1. The van der Waals surface area contributed by atoms with Crippen molar-refractivity contribution in [3.8, 4) is 6.07 Å². The number of hydrogen-bond donors (Lipinski definition) is 1. The fourth-order valence-corrected chi connectivity index (χ4v) is 2.95. The molecule has 2 bridgehead atoms. The van der Waals surface area contributed by atoms with E-state index < -0.39 is 0 Å². The van der Waals surface area contributed by atoms with Gasteiger partial charge < -0.3 is 5.11 Å². The molecule has 0 aromatic heterocycles. The van der Waals surface area contributed by atoms with Crippen molar-refractivity contribution in [2.75, 3.05) is 6.54 Å². The van der Waals surface area contributed by atoms with Gasteiger partial charge in [-0.05, 0) is 38.6 Å². The van der Waals surface area contributed by atoms with Gasteiger partial charge in [0.15, 0.2) is 0 Å². The van der Waals surface area contributed by atoms with Gasteiger partial charge in [0.25, 0.3) is 0 Å². The van der Waals surface area contributed by atoms with Gasteiger partial charge in [0.2, 0.25) is 0 Å². The number of hydrogen-bond acceptors (Lipinski definition) is 3. The largest absolute Gasteiger partial charge is 0.393 e. The lowest BCUT2D eigenvalue weighted by molar-refractivity contribution is 0.0352. The first-order chi connectivity index (χ1) is 6.81. The van der Waals surface area contributed by atoms with Crippen molar-refractivity contribution in [1.29, 1.82) is 5.26 Å². The third-order valence-electron chi connectivity index (χ3n) is 3.56. The molecule has 0 aromatic carbocycles.